The van der Waals surface area contributed by atoms with Gasteiger partial charge < -0.3 is 9.15 Å². The van der Waals surface area contributed by atoms with Crippen molar-refractivity contribution in [3.8, 4) is 17.0 Å². The molecule has 6 nitrogen and oxygen atoms in total. The lowest BCUT2D eigenvalue weighted by Gasteiger charge is -1.99. The Morgan fingerprint density at radius 2 is 1.95 bits per heavy atom. The van der Waals surface area contributed by atoms with Crippen molar-refractivity contribution in [3.05, 3.63) is 47.8 Å². The molecule has 2 heterocycles. The van der Waals surface area contributed by atoms with E-state index in [-0.39, 0.29) is 0 Å². The number of methoxy groups -OCH3 is 1. The van der Waals surface area contributed by atoms with Gasteiger partial charge in [-0.05, 0) is 38.1 Å². The third kappa shape index (κ3) is 2.79. The van der Waals surface area contributed by atoms with Crippen LogP contribution in [0, 0.1) is 13.8 Å². The van der Waals surface area contributed by atoms with E-state index in [1.54, 1.807) is 11.8 Å². The highest BCUT2D eigenvalue weighted by molar-refractivity contribution is 5.58. The number of hydrogen-bond acceptors (Lipinski definition) is 5. The van der Waals surface area contributed by atoms with Gasteiger partial charge in [-0.3, -0.25) is 0 Å². The molecule has 3 aromatic rings. The molecule has 0 aliphatic rings. The summed E-state index contributed by atoms with van der Waals surface area (Å²) in [5.41, 5.74) is 2.69. The first kappa shape index (κ1) is 13.4. The highest BCUT2D eigenvalue weighted by Crippen LogP contribution is 2.20. The van der Waals surface area contributed by atoms with E-state index >= 15 is 0 Å². The lowest BCUT2D eigenvalue weighted by molar-refractivity contribution is 0.415. The molecule has 0 saturated carbocycles. The molecular weight excluding hydrogens is 268 g/mol. The molecule has 0 atom stereocenters. The normalized spacial score (nSPS) is 10.8. The average Bonchev–Trinajstić information content (AvgIpc) is 3.07. The molecule has 6 heteroatoms. The van der Waals surface area contributed by atoms with Crippen LogP contribution >= 0.6 is 0 Å². The number of ether oxygens (including phenoxy) is 1. The van der Waals surface area contributed by atoms with E-state index in [4.69, 9.17) is 9.15 Å². The van der Waals surface area contributed by atoms with Crippen molar-refractivity contribution in [2.75, 3.05) is 7.11 Å². The van der Waals surface area contributed by atoms with E-state index in [0.29, 0.717) is 12.4 Å². The first-order valence-corrected chi connectivity index (χ1v) is 6.63. The van der Waals surface area contributed by atoms with Crippen LogP contribution in [0.2, 0.25) is 0 Å². The van der Waals surface area contributed by atoms with E-state index in [1.807, 2.05) is 44.3 Å². The van der Waals surface area contributed by atoms with Crippen LogP contribution < -0.4 is 4.74 Å². The maximum absolute atomic E-state index is 5.55. The van der Waals surface area contributed by atoms with Gasteiger partial charge in [-0.1, -0.05) is 5.21 Å². The predicted molar refractivity (Wildman–Crippen MR) is 77.1 cm³/mol. The van der Waals surface area contributed by atoms with Crippen LogP contribution in [0.15, 0.2) is 34.9 Å². The van der Waals surface area contributed by atoms with Crippen molar-refractivity contribution in [2.24, 2.45) is 0 Å². The Morgan fingerprint density at radius 1 is 1.19 bits per heavy atom. The summed E-state index contributed by atoms with van der Waals surface area (Å²) in [4.78, 5) is 4.34. The highest BCUT2D eigenvalue weighted by atomic mass is 16.5. The summed E-state index contributed by atoms with van der Waals surface area (Å²) in [5, 5.41) is 8.27. The van der Waals surface area contributed by atoms with Crippen LogP contribution in [-0.4, -0.2) is 27.1 Å². The Labute approximate surface area is 122 Å². The minimum Gasteiger partial charge on any atom is -0.497 e. The van der Waals surface area contributed by atoms with Gasteiger partial charge in [0.2, 0.25) is 5.89 Å². The zero-order chi connectivity index (χ0) is 14.8. The van der Waals surface area contributed by atoms with E-state index in [9.17, 15) is 0 Å². The maximum Gasteiger partial charge on any atom is 0.216 e. The highest BCUT2D eigenvalue weighted by Gasteiger charge is 2.09. The maximum atomic E-state index is 5.55. The molecular formula is C15H16N4O2. The van der Waals surface area contributed by atoms with Crippen molar-refractivity contribution >= 4 is 0 Å². The fourth-order valence-corrected chi connectivity index (χ4v) is 2.02. The summed E-state index contributed by atoms with van der Waals surface area (Å²) in [5.74, 6) is 2.29. The van der Waals surface area contributed by atoms with Crippen molar-refractivity contribution in [1.29, 1.82) is 0 Å². The molecule has 0 amide bonds. The van der Waals surface area contributed by atoms with Crippen molar-refractivity contribution in [3.63, 3.8) is 0 Å². The number of rotatable bonds is 4. The van der Waals surface area contributed by atoms with Gasteiger partial charge in [0.25, 0.3) is 0 Å². The predicted octanol–water partition coefficient (Wildman–Crippen LogP) is 2.61. The molecule has 0 saturated heterocycles. The van der Waals surface area contributed by atoms with Gasteiger partial charge in [0.15, 0.2) is 0 Å². The monoisotopic (exact) mass is 284 g/mol. The van der Waals surface area contributed by atoms with Crippen LogP contribution in [0.3, 0.4) is 0 Å². The van der Waals surface area contributed by atoms with Gasteiger partial charge in [-0.15, -0.1) is 5.10 Å². The van der Waals surface area contributed by atoms with Crippen molar-refractivity contribution < 1.29 is 9.15 Å². The second kappa shape index (κ2) is 5.40. The van der Waals surface area contributed by atoms with Crippen LogP contribution in [-0.2, 0) is 6.54 Å². The first-order chi connectivity index (χ1) is 10.2. The fourth-order valence-electron chi connectivity index (χ4n) is 2.02. The van der Waals surface area contributed by atoms with Crippen molar-refractivity contribution in [2.45, 2.75) is 20.4 Å². The molecule has 0 aliphatic carbocycles. The van der Waals surface area contributed by atoms with Gasteiger partial charge in [-0.25, -0.2) is 9.67 Å². The minimum atomic E-state index is 0.470. The molecule has 0 unspecified atom stereocenters. The minimum absolute atomic E-state index is 0.470. The molecule has 0 N–H and O–H groups in total. The summed E-state index contributed by atoms with van der Waals surface area (Å²) in [6.45, 7) is 4.29. The zero-order valence-electron chi connectivity index (χ0n) is 12.2. The van der Waals surface area contributed by atoms with Crippen LogP contribution in [0.4, 0.5) is 0 Å². The number of aryl methyl sites for hydroxylation is 2. The Hall–Kier alpha value is -2.63. The largest absolute Gasteiger partial charge is 0.497 e. The van der Waals surface area contributed by atoms with Gasteiger partial charge in [0.05, 0.1) is 19.0 Å². The molecule has 0 radical (unpaired) electrons. The first-order valence-electron chi connectivity index (χ1n) is 6.63. The standard InChI is InChI=1S/C15H16N4O2/c1-10-11(2)21-15(16-10)9-19-8-14(17-18-19)12-4-6-13(20-3)7-5-12/h4-8H,9H2,1-3H3. The van der Waals surface area contributed by atoms with Gasteiger partial charge >= 0.3 is 0 Å². The van der Waals surface area contributed by atoms with E-state index < -0.39 is 0 Å². The molecule has 3 rings (SSSR count). The van der Waals surface area contributed by atoms with Crippen LogP contribution in [0.5, 0.6) is 5.75 Å². The quantitative estimate of drug-likeness (QED) is 0.736. The van der Waals surface area contributed by atoms with Gasteiger partial charge in [0, 0.05) is 5.56 Å². The molecule has 2 aromatic heterocycles. The zero-order valence-corrected chi connectivity index (χ0v) is 12.2. The summed E-state index contributed by atoms with van der Waals surface area (Å²) in [7, 11) is 1.64. The van der Waals surface area contributed by atoms with Gasteiger partial charge in [-0.2, -0.15) is 0 Å². The smallest absolute Gasteiger partial charge is 0.216 e. The molecule has 108 valence electrons. The number of nitrogens with zero attached hydrogens (tertiary/aromatic N) is 4. The topological polar surface area (TPSA) is 66.0 Å². The second-order valence-corrected chi connectivity index (χ2v) is 4.78. The number of oxazole rings is 1. The third-order valence-electron chi connectivity index (χ3n) is 3.29. The Balaban J connectivity index is 1.79. The summed E-state index contributed by atoms with van der Waals surface area (Å²) < 4.78 is 12.4. The Bertz CT molecular complexity index is 724. The second-order valence-electron chi connectivity index (χ2n) is 4.78. The van der Waals surface area contributed by atoms with E-state index in [1.165, 1.54) is 0 Å². The third-order valence-corrected chi connectivity index (χ3v) is 3.29. The molecule has 0 spiro atoms. The average molecular weight is 284 g/mol. The Kier molecular flexibility index (Phi) is 3.43. The summed E-state index contributed by atoms with van der Waals surface area (Å²) in [6.07, 6.45) is 1.87. The lowest BCUT2D eigenvalue weighted by atomic mass is 10.2. The molecule has 21 heavy (non-hydrogen) atoms. The van der Waals surface area contributed by atoms with Crippen LogP contribution in [0.25, 0.3) is 11.3 Å². The summed E-state index contributed by atoms with van der Waals surface area (Å²) >= 11 is 0. The van der Waals surface area contributed by atoms with E-state index in [2.05, 4.69) is 15.3 Å². The van der Waals surface area contributed by atoms with Crippen molar-refractivity contribution in [1.82, 2.24) is 20.0 Å². The molecule has 1 aromatic carbocycles. The van der Waals surface area contributed by atoms with Crippen LogP contribution in [0.1, 0.15) is 17.3 Å². The molecule has 0 bridgehead atoms. The number of hydrogen-bond donors (Lipinski definition) is 0. The summed E-state index contributed by atoms with van der Waals surface area (Å²) in [6, 6.07) is 7.70. The number of benzene rings is 1. The van der Waals surface area contributed by atoms with E-state index in [0.717, 1.165) is 28.5 Å². The Morgan fingerprint density at radius 3 is 2.57 bits per heavy atom. The molecule has 0 aliphatic heterocycles. The lowest BCUT2D eigenvalue weighted by Crippen LogP contribution is -2.00. The molecule has 0 fully saturated rings. The van der Waals surface area contributed by atoms with Gasteiger partial charge in [0.1, 0.15) is 23.7 Å². The fraction of sp³-hybridized carbons (Fsp3) is 0.267. The number of aromatic nitrogens is 4. The SMILES string of the molecule is COc1ccc(-c2cn(Cc3nc(C)c(C)o3)nn2)cc1.